The van der Waals surface area contributed by atoms with E-state index in [0.29, 0.717) is 13.0 Å². The number of unbranched alkanes of at least 4 members (excludes halogenated alkanes) is 3. The van der Waals surface area contributed by atoms with Crippen LogP contribution in [-0.4, -0.2) is 31.3 Å². The standard InChI is InChI=1S/C13H25NO4/c1-4-7-8-9-10-11(12(15)17-5-2)14-13(16)18-6-3/h11H,4-10H2,1-3H3,(H,14,16). The molecular formula is C13H25NO4. The van der Waals surface area contributed by atoms with E-state index in [2.05, 4.69) is 12.2 Å². The van der Waals surface area contributed by atoms with Crippen molar-refractivity contribution in [3.63, 3.8) is 0 Å². The summed E-state index contributed by atoms with van der Waals surface area (Å²) in [6, 6.07) is -0.596. The highest BCUT2D eigenvalue weighted by molar-refractivity contribution is 5.81. The number of rotatable bonds is 9. The second-order valence-corrected chi connectivity index (χ2v) is 4.02. The molecule has 0 bridgehead atoms. The van der Waals surface area contributed by atoms with Crippen molar-refractivity contribution in [3.05, 3.63) is 0 Å². The van der Waals surface area contributed by atoms with Crippen LogP contribution in [0.3, 0.4) is 0 Å². The van der Waals surface area contributed by atoms with Crippen LogP contribution in [0.25, 0.3) is 0 Å². The van der Waals surface area contributed by atoms with Crippen LogP contribution in [0.5, 0.6) is 0 Å². The van der Waals surface area contributed by atoms with Crippen LogP contribution in [0.1, 0.15) is 52.9 Å². The summed E-state index contributed by atoms with van der Waals surface area (Å²) in [4.78, 5) is 23.0. The van der Waals surface area contributed by atoms with Gasteiger partial charge < -0.3 is 14.8 Å². The molecule has 1 unspecified atom stereocenters. The van der Waals surface area contributed by atoms with Gasteiger partial charge in [0, 0.05) is 0 Å². The van der Waals surface area contributed by atoms with Crippen molar-refractivity contribution in [2.45, 2.75) is 58.9 Å². The van der Waals surface area contributed by atoms with E-state index in [1.165, 1.54) is 0 Å². The van der Waals surface area contributed by atoms with E-state index in [1.54, 1.807) is 13.8 Å². The average molecular weight is 259 g/mol. The third-order valence-electron chi connectivity index (χ3n) is 2.48. The van der Waals surface area contributed by atoms with Crippen LogP contribution < -0.4 is 5.32 Å². The topological polar surface area (TPSA) is 64.6 Å². The zero-order valence-electron chi connectivity index (χ0n) is 11.7. The van der Waals surface area contributed by atoms with E-state index in [1.807, 2.05) is 0 Å². The molecule has 0 aliphatic heterocycles. The molecule has 0 heterocycles. The number of alkyl carbamates (subject to hydrolysis) is 1. The van der Waals surface area contributed by atoms with Crippen LogP contribution in [0.15, 0.2) is 0 Å². The van der Waals surface area contributed by atoms with E-state index >= 15 is 0 Å². The highest BCUT2D eigenvalue weighted by Crippen LogP contribution is 2.07. The van der Waals surface area contributed by atoms with Gasteiger partial charge in [0.15, 0.2) is 0 Å². The molecule has 1 N–H and O–H groups in total. The van der Waals surface area contributed by atoms with Gasteiger partial charge in [0.2, 0.25) is 0 Å². The van der Waals surface area contributed by atoms with Crippen LogP contribution >= 0.6 is 0 Å². The van der Waals surface area contributed by atoms with Crippen molar-refractivity contribution in [2.24, 2.45) is 0 Å². The van der Waals surface area contributed by atoms with Crippen molar-refractivity contribution in [2.75, 3.05) is 13.2 Å². The van der Waals surface area contributed by atoms with Crippen LogP contribution in [0.4, 0.5) is 4.79 Å². The second-order valence-electron chi connectivity index (χ2n) is 4.02. The molecule has 0 aromatic rings. The van der Waals surface area contributed by atoms with Crippen LogP contribution in [0, 0.1) is 0 Å². The molecule has 0 aliphatic carbocycles. The first kappa shape index (κ1) is 16.7. The van der Waals surface area contributed by atoms with Gasteiger partial charge in [0.1, 0.15) is 6.04 Å². The Kier molecular flexibility index (Phi) is 10.1. The van der Waals surface area contributed by atoms with E-state index in [-0.39, 0.29) is 12.6 Å². The van der Waals surface area contributed by atoms with E-state index in [4.69, 9.17) is 9.47 Å². The van der Waals surface area contributed by atoms with Gasteiger partial charge >= 0.3 is 12.1 Å². The minimum atomic E-state index is -0.596. The summed E-state index contributed by atoms with van der Waals surface area (Å²) in [7, 11) is 0. The fourth-order valence-corrected chi connectivity index (χ4v) is 1.58. The van der Waals surface area contributed by atoms with E-state index in [9.17, 15) is 9.59 Å². The third kappa shape index (κ3) is 7.92. The molecule has 18 heavy (non-hydrogen) atoms. The van der Waals surface area contributed by atoms with Gasteiger partial charge in [-0.2, -0.15) is 0 Å². The minimum Gasteiger partial charge on any atom is -0.464 e. The Hall–Kier alpha value is -1.26. The highest BCUT2D eigenvalue weighted by atomic mass is 16.6. The van der Waals surface area contributed by atoms with E-state index in [0.717, 1.165) is 25.7 Å². The smallest absolute Gasteiger partial charge is 0.407 e. The fraction of sp³-hybridized carbons (Fsp3) is 0.846. The predicted octanol–water partition coefficient (Wildman–Crippen LogP) is 2.63. The molecular weight excluding hydrogens is 234 g/mol. The molecule has 0 spiro atoms. The lowest BCUT2D eigenvalue weighted by Gasteiger charge is -2.16. The van der Waals surface area contributed by atoms with Crippen molar-refractivity contribution in [3.8, 4) is 0 Å². The van der Waals surface area contributed by atoms with Crippen molar-refractivity contribution >= 4 is 12.1 Å². The molecule has 0 rings (SSSR count). The zero-order chi connectivity index (χ0) is 13.8. The summed E-state index contributed by atoms with van der Waals surface area (Å²) in [5.41, 5.74) is 0. The number of esters is 1. The summed E-state index contributed by atoms with van der Waals surface area (Å²) in [6.45, 7) is 6.20. The zero-order valence-corrected chi connectivity index (χ0v) is 11.7. The molecule has 0 aromatic heterocycles. The number of hydrogen-bond donors (Lipinski definition) is 1. The maximum Gasteiger partial charge on any atom is 0.407 e. The Bertz CT molecular complexity index is 243. The number of hydrogen-bond acceptors (Lipinski definition) is 4. The van der Waals surface area contributed by atoms with E-state index < -0.39 is 12.1 Å². The molecule has 0 radical (unpaired) electrons. The molecule has 0 aromatic carbocycles. The average Bonchev–Trinajstić information content (AvgIpc) is 2.33. The van der Waals surface area contributed by atoms with Gasteiger partial charge in [-0.3, -0.25) is 0 Å². The Morgan fingerprint density at radius 3 is 2.22 bits per heavy atom. The van der Waals surface area contributed by atoms with Gasteiger partial charge in [0.25, 0.3) is 0 Å². The fourth-order valence-electron chi connectivity index (χ4n) is 1.58. The van der Waals surface area contributed by atoms with Gasteiger partial charge in [-0.15, -0.1) is 0 Å². The highest BCUT2D eigenvalue weighted by Gasteiger charge is 2.21. The summed E-state index contributed by atoms with van der Waals surface area (Å²) in [5, 5.41) is 2.54. The predicted molar refractivity (Wildman–Crippen MR) is 69.3 cm³/mol. The quantitative estimate of drug-likeness (QED) is 0.510. The Balaban J connectivity index is 4.15. The molecule has 1 atom stereocenters. The number of amides is 1. The maximum absolute atomic E-state index is 11.7. The molecule has 0 fully saturated rings. The van der Waals surface area contributed by atoms with Gasteiger partial charge in [-0.1, -0.05) is 32.6 Å². The number of nitrogens with one attached hydrogen (secondary N) is 1. The molecule has 106 valence electrons. The number of carbonyl (C=O) groups excluding carboxylic acids is 2. The second kappa shape index (κ2) is 10.9. The monoisotopic (exact) mass is 259 g/mol. The normalized spacial score (nSPS) is 11.7. The third-order valence-corrected chi connectivity index (χ3v) is 2.48. The lowest BCUT2D eigenvalue weighted by molar-refractivity contribution is -0.145. The molecule has 0 saturated carbocycles. The molecule has 0 saturated heterocycles. The maximum atomic E-state index is 11.7. The van der Waals surface area contributed by atoms with Crippen molar-refractivity contribution in [1.82, 2.24) is 5.32 Å². The van der Waals surface area contributed by atoms with Crippen molar-refractivity contribution in [1.29, 1.82) is 0 Å². The van der Waals surface area contributed by atoms with Crippen LogP contribution in [-0.2, 0) is 14.3 Å². The summed E-state index contributed by atoms with van der Waals surface area (Å²) in [6.07, 6.45) is 4.24. The number of ether oxygens (including phenoxy) is 2. The SMILES string of the molecule is CCCCCCC(NC(=O)OCC)C(=O)OCC. The largest absolute Gasteiger partial charge is 0.464 e. The van der Waals surface area contributed by atoms with Gasteiger partial charge in [-0.05, 0) is 20.3 Å². The molecule has 5 heteroatoms. The first-order valence-corrected chi connectivity index (χ1v) is 6.75. The lowest BCUT2D eigenvalue weighted by atomic mass is 10.1. The Morgan fingerprint density at radius 1 is 1.00 bits per heavy atom. The van der Waals surface area contributed by atoms with Gasteiger partial charge in [-0.25, -0.2) is 9.59 Å². The lowest BCUT2D eigenvalue weighted by Crippen LogP contribution is -2.42. The molecule has 1 amide bonds. The summed E-state index contributed by atoms with van der Waals surface area (Å²) in [5.74, 6) is -0.387. The van der Waals surface area contributed by atoms with Crippen LogP contribution in [0.2, 0.25) is 0 Å². The molecule has 0 aliphatic rings. The first-order chi connectivity index (χ1) is 8.65. The summed E-state index contributed by atoms with van der Waals surface area (Å²) < 4.78 is 9.70. The molecule has 5 nitrogen and oxygen atoms in total. The first-order valence-electron chi connectivity index (χ1n) is 6.75. The Morgan fingerprint density at radius 2 is 1.67 bits per heavy atom. The summed E-state index contributed by atoms with van der Waals surface area (Å²) >= 11 is 0. The minimum absolute atomic E-state index is 0.289. The Labute approximate surface area is 109 Å². The number of carbonyl (C=O) groups is 2. The van der Waals surface area contributed by atoms with Gasteiger partial charge in [0.05, 0.1) is 13.2 Å². The van der Waals surface area contributed by atoms with Crippen molar-refractivity contribution < 1.29 is 19.1 Å².